The molecule has 2 heterocycles. The van der Waals surface area contributed by atoms with Gasteiger partial charge in [0.25, 0.3) is 5.91 Å². The summed E-state index contributed by atoms with van der Waals surface area (Å²) in [5.74, 6) is 0.314. The van der Waals surface area contributed by atoms with Gasteiger partial charge in [-0.05, 0) is 12.3 Å². The predicted molar refractivity (Wildman–Crippen MR) is 62.1 cm³/mol. The molecule has 0 bridgehead atoms. The Kier molecular flexibility index (Phi) is 3.23. The van der Waals surface area contributed by atoms with Crippen molar-refractivity contribution in [3.05, 3.63) is 18.1 Å². The number of piperidine rings is 1. The van der Waals surface area contributed by atoms with Gasteiger partial charge >= 0.3 is 0 Å². The molecule has 3 N–H and O–H groups in total. The van der Waals surface area contributed by atoms with Crippen molar-refractivity contribution in [2.24, 2.45) is 5.92 Å². The summed E-state index contributed by atoms with van der Waals surface area (Å²) in [5.41, 5.74) is 5.67. The molecule has 17 heavy (non-hydrogen) atoms. The first-order valence-corrected chi connectivity index (χ1v) is 5.63. The monoisotopic (exact) mass is 236 g/mol. The van der Waals surface area contributed by atoms with Crippen molar-refractivity contribution >= 4 is 11.7 Å². The van der Waals surface area contributed by atoms with E-state index in [2.05, 4.69) is 9.97 Å². The van der Waals surface area contributed by atoms with E-state index in [1.54, 1.807) is 4.90 Å². The highest BCUT2D eigenvalue weighted by Crippen LogP contribution is 2.18. The minimum Gasteiger partial charge on any atom is -0.391 e. The number of carbonyl (C=O) groups is 1. The predicted octanol–water partition coefficient (Wildman–Crippen LogP) is -0.0983. The van der Waals surface area contributed by atoms with E-state index in [1.165, 1.54) is 12.4 Å². The number of aromatic nitrogens is 2. The first-order chi connectivity index (χ1) is 8.08. The van der Waals surface area contributed by atoms with Crippen LogP contribution < -0.4 is 5.73 Å². The number of amides is 1. The Hall–Kier alpha value is -1.69. The molecule has 0 saturated carbocycles. The fourth-order valence-electron chi connectivity index (χ4n) is 1.84. The Balaban J connectivity index is 2.08. The van der Waals surface area contributed by atoms with Gasteiger partial charge in [-0.25, -0.2) is 9.97 Å². The third-order valence-electron chi connectivity index (χ3n) is 3.10. The molecule has 1 fully saturated rings. The molecule has 0 radical (unpaired) electrons. The lowest BCUT2D eigenvalue weighted by molar-refractivity contribution is 0.0245. The number of likely N-dealkylation sites (tertiary alicyclic amines) is 1. The molecule has 2 rings (SSSR count). The fourth-order valence-corrected chi connectivity index (χ4v) is 1.84. The van der Waals surface area contributed by atoms with Crippen molar-refractivity contribution in [1.82, 2.24) is 14.9 Å². The Bertz CT molecular complexity index is 406. The van der Waals surface area contributed by atoms with Crippen LogP contribution in [0.3, 0.4) is 0 Å². The van der Waals surface area contributed by atoms with Crippen molar-refractivity contribution in [3.63, 3.8) is 0 Å². The van der Waals surface area contributed by atoms with Crippen molar-refractivity contribution in [2.45, 2.75) is 19.4 Å². The number of nitrogen functional groups attached to an aromatic ring is 1. The number of rotatable bonds is 1. The molecule has 92 valence electrons. The number of aliphatic hydroxyl groups is 1. The first-order valence-electron chi connectivity index (χ1n) is 5.63. The van der Waals surface area contributed by atoms with Crippen LogP contribution in [0.25, 0.3) is 0 Å². The molecular weight excluding hydrogens is 220 g/mol. The van der Waals surface area contributed by atoms with Crippen LogP contribution >= 0.6 is 0 Å². The summed E-state index contributed by atoms with van der Waals surface area (Å²) in [5, 5.41) is 9.74. The van der Waals surface area contributed by atoms with Crippen molar-refractivity contribution in [3.8, 4) is 0 Å². The first kappa shape index (κ1) is 11.8. The minimum atomic E-state index is -0.463. The highest BCUT2D eigenvalue weighted by atomic mass is 16.3. The van der Waals surface area contributed by atoms with Gasteiger partial charge in [-0.15, -0.1) is 0 Å². The van der Waals surface area contributed by atoms with Gasteiger partial charge in [0, 0.05) is 13.1 Å². The number of anilines is 1. The number of β-amino-alcohol motifs (C(OH)–C–C–N with tert-alkyl or cyclic N) is 1. The van der Waals surface area contributed by atoms with E-state index in [1.807, 2.05) is 6.92 Å². The highest BCUT2D eigenvalue weighted by Gasteiger charge is 2.28. The Morgan fingerprint density at radius 1 is 1.53 bits per heavy atom. The van der Waals surface area contributed by atoms with Crippen LogP contribution in [0, 0.1) is 5.92 Å². The third-order valence-corrected chi connectivity index (χ3v) is 3.10. The summed E-state index contributed by atoms with van der Waals surface area (Å²) >= 11 is 0. The molecule has 2 atom stereocenters. The van der Waals surface area contributed by atoms with Gasteiger partial charge in [-0.1, -0.05) is 6.92 Å². The number of hydrogen-bond acceptors (Lipinski definition) is 5. The van der Waals surface area contributed by atoms with Crippen LogP contribution in [0.2, 0.25) is 0 Å². The average molecular weight is 236 g/mol. The third kappa shape index (κ3) is 2.52. The van der Waals surface area contributed by atoms with E-state index >= 15 is 0 Å². The molecule has 1 aromatic rings. The smallest absolute Gasteiger partial charge is 0.274 e. The second-order valence-corrected chi connectivity index (χ2v) is 4.41. The summed E-state index contributed by atoms with van der Waals surface area (Å²) in [4.78, 5) is 21.4. The molecule has 6 heteroatoms. The molecule has 0 aliphatic carbocycles. The van der Waals surface area contributed by atoms with Crippen LogP contribution in [0.1, 0.15) is 23.8 Å². The van der Waals surface area contributed by atoms with Crippen molar-refractivity contribution in [2.75, 3.05) is 18.8 Å². The zero-order valence-corrected chi connectivity index (χ0v) is 9.71. The maximum Gasteiger partial charge on any atom is 0.274 e. The number of carbonyl (C=O) groups excluding carboxylic acids is 1. The highest BCUT2D eigenvalue weighted by molar-refractivity contribution is 5.92. The summed E-state index contributed by atoms with van der Waals surface area (Å²) in [6.07, 6.45) is 3.06. The molecule has 1 amide bonds. The minimum absolute atomic E-state index is 0.205. The zero-order valence-electron chi connectivity index (χ0n) is 9.71. The topological polar surface area (TPSA) is 92.3 Å². The van der Waals surface area contributed by atoms with E-state index in [9.17, 15) is 9.90 Å². The van der Waals surface area contributed by atoms with Crippen LogP contribution in [0.4, 0.5) is 5.82 Å². The molecule has 1 aromatic heterocycles. The molecule has 2 unspecified atom stereocenters. The molecule has 0 aromatic carbocycles. The van der Waals surface area contributed by atoms with E-state index in [-0.39, 0.29) is 23.3 Å². The second-order valence-electron chi connectivity index (χ2n) is 4.41. The van der Waals surface area contributed by atoms with Gasteiger partial charge in [-0.2, -0.15) is 0 Å². The fraction of sp³-hybridized carbons (Fsp3) is 0.545. The molecule has 1 saturated heterocycles. The molecular formula is C11H16N4O2. The van der Waals surface area contributed by atoms with Gasteiger partial charge in [-0.3, -0.25) is 4.79 Å². The van der Waals surface area contributed by atoms with Crippen molar-refractivity contribution in [1.29, 1.82) is 0 Å². The van der Waals surface area contributed by atoms with Crippen LogP contribution in [0.5, 0.6) is 0 Å². The largest absolute Gasteiger partial charge is 0.391 e. The van der Waals surface area contributed by atoms with E-state index in [0.717, 1.165) is 6.42 Å². The van der Waals surface area contributed by atoms with Gasteiger partial charge in [0.15, 0.2) is 0 Å². The quantitative estimate of drug-likeness (QED) is 0.710. The molecule has 6 nitrogen and oxygen atoms in total. The van der Waals surface area contributed by atoms with Crippen molar-refractivity contribution < 1.29 is 9.90 Å². The van der Waals surface area contributed by atoms with Crippen LogP contribution in [0.15, 0.2) is 12.4 Å². The Morgan fingerprint density at radius 3 is 2.88 bits per heavy atom. The van der Waals surface area contributed by atoms with E-state index < -0.39 is 6.10 Å². The molecule has 1 aliphatic heterocycles. The SMILES string of the molecule is CC1CCN(C(=O)c2cnc(N)cn2)CC1O. The second kappa shape index (κ2) is 4.67. The summed E-state index contributed by atoms with van der Waals surface area (Å²) < 4.78 is 0. The molecule has 0 spiro atoms. The zero-order chi connectivity index (χ0) is 12.4. The maximum absolute atomic E-state index is 12.0. The van der Waals surface area contributed by atoms with Gasteiger partial charge in [0.1, 0.15) is 11.5 Å². The normalized spacial score (nSPS) is 24.7. The van der Waals surface area contributed by atoms with Crippen LogP contribution in [-0.2, 0) is 0 Å². The summed E-state index contributed by atoms with van der Waals surface area (Å²) in [6.45, 7) is 2.98. The number of nitrogens with zero attached hydrogens (tertiary/aromatic N) is 3. The molecule has 1 aliphatic rings. The summed E-state index contributed by atoms with van der Waals surface area (Å²) in [6, 6.07) is 0. The maximum atomic E-state index is 12.0. The van der Waals surface area contributed by atoms with Gasteiger partial charge < -0.3 is 15.7 Å². The number of aliphatic hydroxyl groups excluding tert-OH is 1. The average Bonchev–Trinajstić information content (AvgIpc) is 2.33. The number of hydrogen-bond donors (Lipinski definition) is 2. The van der Waals surface area contributed by atoms with E-state index in [4.69, 9.17) is 5.73 Å². The van der Waals surface area contributed by atoms with Gasteiger partial charge in [0.2, 0.25) is 0 Å². The van der Waals surface area contributed by atoms with E-state index in [0.29, 0.717) is 13.1 Å². The number of nitrogens with two attached hydrogens (primary N) is 1. The lowest BCUT2D eigenvalue weighted by atomic mass is 9.96. The summed E-state index contributed by atoms with van der Waals surface area (Å²) in [7, 11) is 0. The lowest BCUT2D eigenvalue weighted by Crippen LogP contribution is -2.46. The Labute approximate surface area is 99.5 Å². The van der Waals surface area contributed by atoms with Crippen LogP contribution in [-0.4, -0.2) is 45.1 Å². The standard InChI is InChI=1S/C11H16N4O2/c1-7-2-3-15(6-9(7)16)11(17)8-4-14-10(12)5-13-8/h4-5,7,9,16H,2-3,6H2,1H3,(H2,12,14). The van der Waals surface area contributed by atoms with Gasteiger partial charge in [0.05, 0.1) is 18.5 Å². The Morgan fingerprint density at radius 2 is 2.29 bits per heavy atom. The lowest BCUT2D eigenvalue weighted by Gasteiger charge is -2.33.